The molecule has 0 saturated heterocycles. The van der Waals surface area contributed by atoms with Gasteiger partial charge in [-0.05, 0) is 31.7 Å². The molecule has 1 aliphatic heterocycles. The zero-order valence-corrected chi connectivity index (χ0v) is 13.4. The van der Waals surface area contributed by atoms with Crippen LogP contribution in [0.2, 0.25) is 0 Å². The number of nitrogens with one attached hydrogen (secondary N) is 1. The molecule has 120 valence electrons. The molecule has 23 heavy (non-hydrogen) atoms. The van der Waals surface area contributed by atoms with Crippen LogP contribution >= 0.6 is 11.8 Å². The number of fused-ring (bicyclic) bond motifs is 2. The van der Waals surface area contributed by atoms with E-state index in [0.29, 0.717) is 5.88 Å². The number of nitrogens with zero attached hydrogens (tertiary/aromatic N) is 2. The Hall–Kier alpha value is -2.02. The summed E-state index contributed by atoms with van der Waals surface area (Å²) in [5.41, 5.74) is 4.15. The Balaban J connectivity index is 1.40. The number of thioether (sulfide) groups is 1. The fraction of sp³-hybridized carbons (Fsp3) is 0.438. The molecule has 2 aromatic heterocycles. The summed E-state index contributed by atoms with van der Waals surface area (Å²) in [5.74, 6) is 2.66. The van der Waals surface area contributed by atoms with Gasteiger partial charge in [0, 0.05) is 29.0 Å². The van der Waals surface area contributed by atoms with Crippen LogP contribution in [0.4, 0.5) is 5.88 Å². The lowest BCUT2D eigenvalue weighted by molar-refractivity contribution is -0.118. The average Bonchev–Trinajstić information content (AvgIpc) is 3.18. The lowest BCUT2D eigenvalue weighted by Gasteiger charge is -2.18. The van der Waals surface area contributed by atoms with E-state index < -0.39 is 0 Å². The van der Waals surface area contributed by atoms with Crippen molar-refractivity contribution in [3.63, 3.8) is 0 Å². The Labute approximate surface area is 138 Å². The molecule has 7 heteroatoms. The van der Waals surface area contributed by atoms with Gasteiger partial charge in [-0.2, -0.15) is 11.8 Å². The Bertz CT molecular complexity index is 744. The number of aromatic nitrogens is 2. The highest BCUT2D eigenvalue weighted by molar-refractivity contribution is 7.98. The zero-order valence-electron chi connectivity index (χ0n) is 12.6. The fourth-order valence-corrected chi connectivity index (χ4v) is 4.01. The number of hydrogen-bond acceptors (Lipinski definition) is 6. The van der Waals surface area contributed by atoms with Crippen molar-refractivity contribution >= 4 is 23.6 Å². The van der Waals surface area contributed by atoms with Crippen LogP contribution in [0.5, 0.6) is 5.75 Å². The molecule has 1 N–H and O–H groups in total. The van der Waals surface area contributed by atoms with Crippen LogP contribution in [0.3, 0.4) is 0 Å². The third-order valence-electron chi connectivity index (χ3n) is 4.16. The summed E-state index contributed by atoms with van der Waals surface area (Å²) in [6.07, 6.45) is 6.01. The molecule has 0 aromatic carbocycles. The van der Waals surface area contributed by atoms with Gasteiger partial charge in [-0.3, -0.25) is 15.1 Å². The first-order valence-corrected chi connectivity index (χ1v) is 8.91. The molecule has 0 radical (unpaired) electrons. The first kappa shape index (κ1) is 14.6. The second kappa shape index (κ2) is 6.23. The monoisotopic (exact) mass is 331 g/mol. The second-order valence-electron chi connectivity index (χ2n) is 5.71. The van der Waals surface area contributed by atoms with Gasteiger partial charge in [-0.1, -0.05) is 5.16 Å². The van der Waals surface area contributed by atoms with E-state index in [4.69, 9.17) is 9.26 Å². The van der Waals surface area contributed by atoms with Gasteiger partial charge in [0.05, 0.1) is 11.3 Å². The van der Waals surface area contributed by atoms with Gasteiger partial charge in [0.15, 0.2) is 6.61 Å². The van der Waals surface area contributed by atoms with Gasteiger partial charge in [0.2, 0.25) is 5.88 Å². The van der Waals surface area contributed by atoms with Crippen LogP contribution < -0.4 is 10.1 Å². The molecule has 0 bridgehead atoms. The van der Waals surface area contributed by atoms with Crippen molar-refractivity contribution in [2.24, 2.45) is 0 Å². The fourth-order valence-electron chi connectivity index (χ4n) is 2.99. The zero-order chi connectivity index (χ0) is 15.6. The first-order chi connectivity index (χ1) is 11.3. The maximum Gasteiger partial charge on any atom is 0.264 e. The van der Waals surface area contributed by atoms with Gasteiger partial charge >= 0.3 is 0 Å². The average molecular weight is 331 g/mol. The maximum absolute atomic E-state index is 12.1. The van der Waals surface area contributed by atoms with E-state index in [1.165, 1.54) is 6.42 Å². The molecule has 1 aliphatic carbocycles. The van der Waals surface area contributed by atoms with E-state index in [0.717, 1.165) is 59.0 Å². The van der Waals surface area contributed by atoms with Crippen LogP contribution in [-0.4, -0.2) is 22.7 Å². The van der Waals surface area contributed by atoms with Crippen molar-refractivity contribution in [2.45, 2.75) is 37.2 Å². The Morgan fingerprint density at radius 3 is 3.13 bits per heavy atom. The van der Waals surface area contributed by atoms with Gasteiger partial charge in [-0.25, -0.2) is 0 Å². The highest BCUT2D eigenvalue weighted by atomic mass is 32.2. The van der Waals surface area contributed by atoms with Crippen LogP contribution in [0.25, 0.3) is 0 Å². The highest BCUT2D eigenvalue weighted by Gasteiger charge is 2.23. The Morgan fingerprint density at radius 1 is 1.26 bits per heavy atom. The topological polar surface area (TPSA) is 77.2 Å². The molecule has 1 amide bonds. The third-order valence-corrected chi connectivity index (χ3v) is 5.13. The Morgan fingerprint density at radius 2 is 2.17 bits per heavy atom. The van der Waals surface area contributed by atoms with Crippen LogP contribution in [0, 0.1) is 0 Å². The van der Waals surface area contributed by atoms with Gasteiger partial charge in [0.1, 0.15) is 5.75 Å². The van der Waals surface area contributed by atoms with Gasteiger partial charge in [0.25, 0.3) is 5.91 Å². The van der Waals surface area contributed by atoms with Gasteiger partial charge in [-0.15, -0.1) is 0 Å². The number of amides is 1. The summed E-state index contributed by atoms with van der Waals surface area (Å²) in [6.45, 7) is -0.0426. The molecule has 2 aromatic rings. The number of aryl methyl sites for hydroxylation is 1. The molecule has 4 rings (SSSR count). The van der Waals surface area contributed by atoms with Crippen LogP contribution in [-0.2, 0) is 29.1 Å². The van der Waals surface area contributed by atoms with Crippen molar-refractivity contribution in [1.82, 2.24) is 10.1 Å². The minimum atomic E-state index is -0.234. The second-order valence-corrected chi connectivity index (χ2v) is 6.69. The molecule has 6 nitrogen and oxygen atoms in total. The summed E-state index contributed by atoms with van der Waals surface area (Å²) >= 11 is 1.76. The maximum atomic E-state index is 12.1. The normalized spacial score (nSPS) is 15.8. The summed E-state index contributed by atoms with van der Waals surface area (Å²) < 4.78 is 10.9. The molecule has 0 fully saturated rings. The predicted octanol–water partition coefficient (Wildman–Crippen LogP) is 2.71. The van der Waals surface area contributed by atoms with E-state index in [9.17, 15) is 4.79 Å². The number of rotatable bonds is 4. The SMILES string of the molecule is O=C(COc1ccnc2c1CCCC2)Nc1onc2c1CSC2. The number of carbonyl (C=O) groups is 1. The number of hydrogen-bond donors (Lipinski definition) is 1. The molecule has 3 heterocycles. The van der Waals surface area contributed by atoms with E-state index >= 15 is 0 Å². The smallest absolute Gasteiger partial charge is 0.264 e. The Kier molecular flexibility index (Phi) is 3.95. The molecule has 0 atom stereocenters. The standard InChI is InChI=1S/C16H17N3O3S/c20-15(18-16-11-8-23-9-13(11)19-22-16)7-21-14-5-6-17-12-4-2-1-3-10(12)14/h5-6H,1-4,7-9H2,(H,18,20). The van der Waals surface area contributed by atoms with Crippen LogP contribution in [0.15, 0.2) is 16.8 Å². The van der Waals surface area contributed by atoms with Crippen molar-refractivity contribution < 1.29 is 14.1 Å². The summed E-state index contributed by atoms with van der Waals surface area (Å²) in [7, 11) is 0. The third kappa shape index (κ3) is 2.93. The minimum absolute atomic E-state index is 0.0426. The molecular weight excluding hydrogens is 314 g/mol. The van der Waals surface area contributed by atoms with Crippen LogP contribution in [0.1, 0.15) is 35.4 Å². The lowest BCUT2D eigenvalue weighted by Crippen LogP contribution is -2.21. The van der Waals surface area contributed by atoms with E-state index in [1.54, 1.807) is 18.0 Å². The van der Waals surface area contributed by atoms with E-state index in [-0.39, 0.29) is 12.5 Å². The quantitative estimate of drug-likeness (QED) is 0.928. The highest BCUT2D eigenvalue weighted by Crippen LogP contribution is 2.34. The number of carbonyl (C=O) groups excluding carboxylic acids is 1. The molecule has 0 saturated carbocycles. The molecule has 2 aliphatic rings. The number of anilines is 1. The summed E-state index contributed by atoms with van der Waals surface area (Å²) in [6, 6.07) is 1.83. The van der Waals surface area contributed by atoms with Crippen molar-refractivity contribution in [2.75, 3.05) is 11.9 Å². The first-order valence-electron chi connectivity index (χ1n) is 7.76. The van der Waals surface area contributed by atoms with E-state index in [2.05, 4.69) is 15.5 Å². The lowest BCUT2D eigenvalue weighted by atomic mass is 9.95. The predicted molar refractivity (Wildman–Crippen MR) is 86.5 cm³/mol. The minimum Gasteiger partial charge on any atom is -0.483 e. The number of pyridine rings is 1. The molecule has 0 spiro atoms. The largest absolute Gasteiger partial charge is 0.483 e. The van der Waals surface area contributed by atoms with Gasteiger partial charge < -0.3 is 9.26 Å². The van der Waals surface area contributed by atoms with E-state index in [1.807, 2.05) is 6.07 Å². The van der Waals surface area contributed by atoms with Crippen molar-refractivity contribution in [3.8, 4) is 5.75 Å². The summed E-state index contributed by atoms with van der Waals surface area (Å²) in [5, 5.41) is 6.72. The van der Waals surface area contributed by atoms with Crippen molar-refractivity contribution in [1.29, 1.82) is 0 Å². The molecular formula is C16H17N3O3S. The van der Waals surface area contributed by atoms with Crippen molar-refractivity contribution in [3.05, 3.63) is 34.8 Å². The molecule has 0 unspecified atom stereocenters. The summed E-state index contributed by atoms with van der Waals surface area (Å²) in [4.78, 5) is 16.5. The number of ether oxygens (including phenoxy) is 1.